The van der Waals surface area contributed by atoms with Crippen molar-refractivity contribution in [2.24, 2.45) is 0 Å². The first-order chi connectivity index (χ1) is 29.3. The van der Waals surface area contributed by atoms with Crippen molar-refractivity contribution in [1.29, 1.82) is 0 Å². The molecule has 0 amide bonds. The topological polar surface area (TPSA) is 13.1 Å². The van der Waals surface area contributed by atoms with Crippen LogP contribution in [0.2, 0.25) is 0 Å². The standard InChI is InChI=1S/C42H45B19O/c43-22-13-11(10-7-3-5-8-4-1-2-6-9(8)10)14-16(25(46)37(58)35(56)23(14)44)12(15(13)24(45)36(57)34(22)55)17-26(47)28(49)18(29(50)27(17)48)19-30(51)31(52)20-21-32(53)38(59)39(60)40(61)42(21)62-41(20)33(19)54/h1-7H,43-61H2. The fourth-order valence-corrected chi connectivity index (χ4v) is 11.9. The van der Waals surface area contributed by atoms with Crippen molar-refractivity contribution in [2.45, 2.75) is 0 Å². The van der Waals surface area contributed by atoms with E-state index in [-0.39, 0.29) is 0 Å². The molecule has 0 fully saturated rings. The van der Waals surface area contributed by atoms with Crippen LogP contribution in [-0.2, 0) is 0 Å². The van der Waals surface area contributed by atoms with Gasteiger partial charge in [0.05, 0.1) is 0 Å². The van der Waals surface area contributed by atoms with Gasteiger partial charge in [0.2, 0.25) is 0 Å². The lowest BCUT2D eigenvalue weighted by Crippen LogP contribution is -2.51. The fraction of sp³-hybridized carbons (Fsp3) is 0. The van der Waals surface area contributed by atoms with E-state index in [4.69, 9.17) is 4.42 Å². The molecule has 0 spiro atoms. The molecule has 9 rings (SSSR count). The van der Waals surface area contributed by atoms with Crippen LogP contribution in [0.4, 0.5) is 0 Å². The summed E-state index contributed by atoms with van der Waals surface area (Å²) in [5.41, 5.74) is 35.8. The summed E-state index contributed by atoms with van der Waals surface area (Å²) in [5, 5.41) is 10.7. The van der Waals surface area contributed by atoms with Crippen LogP contribution in [0, 0.1) is 0 Å². The Labute approximate surface area is 385 Å². The van der Waals surface area contributed by atoms with E-state index in [0.29, 0.717) is 0 Å². The van der Waals surface area contributed by atoms with Gasteiger partial charge in [-0.25, -0.2) is 0 Å². The molecular formula is C42H45B19O. The van der Waals surface area contributed by atoms with Crippen molar-refractivity contribution in [3.8, 4) is 33.4 Å². The summed E-state index contributed by atoms with van der Waals surface area (Å²) in [6.07, 6.45) is 0. The largest absolute Gasteiger partial charge is 0.457 e. The number of rotatable bonds is 3. The van der Waals surface area contributed by atoms with Crippen LogP contribution in [0.25, 0.3) is 87.6 Å². The van der Waals surface area contributed by atoms with Gasteiger partial charge in [0.25, 0.3) is 0 Å². The first-order valence-electron chi connectivity index (χ1n) is 22.7. The molecule has 8 aromatic carbocycles. The Morgan fingerprint density at radius 1 is 0.242 bits per heavy atom. The van der Waals surface area contributed by atoms with Gasteiger partial charge < -0.3 is 4.42 Å². The molecule has 0 aliphatic carbocycles. The number of furan rings is 1. The third-order valence-electron chi connectivity index (χ3n) is 16.9. The normalized spacial score (nSPS) is 11.8. The molecule has 0 saturated heterocycles. The molecule has 0 bridgehead atoms. The Morgan fingerprint density at radius 3 is 1.05 bits per heavy atom. The maximum atomic E-state index is 7.02. The second-order valence-electron chi connectivity index (χ2n) is 19.3. The molecular weight excluding hydrogens is 726 g/mol. The average molecular weight is 771 g/mol. The van der Waals surface area contributed by atoms with E-state index in [1.54, 1.807) is 0 Å². The molecule has 1 heterocycles. The summed E-state index contributed by atoms with van der Waals surface area (Å²) in [6, 6.07) is 15.8. The van der Waals surface area contributed by atoms with Gasteiger partial charge in [-0.05, 0) is 71.2 Å². The third kappa shape index (κ3) is 5.56. The van der Waals surface area contributed by atoms with Crippen molar-refractivity contribution in [1.82, 2.24) is 0 Å². The molecule has 0 saturated carbocycles. The zero-order valence-corrected chi connectivity index (χ0v) is 40.9. The summed E-state index contributed by atoms with van der Waals surface area (Å²) in [6.45, 7) is 0. The van der Waals surface area contributed by atoms with Gasteiger partial charge in [0, 0.05) is 10.8 Å². The zero-order chi connectivity index (χ0) is 44.9. The number of fused-ring (bicyclic) bond motifs is 6. The summed E-state index contributed by atoms with van der Waals surface area (Å²) >= 11 is 0. The number of hydrogen-bond donors (Lipinski definition) is 0. The van der Waals surface area contributed by atoms with Gasteiger partial charge in [-0.2, -0.15) is 0 Å². The van der Waals surface area contributed by atoms with Crippen LogP contribution in [0.1, 0.15) is 0 Å². The highest BCUT2D eigenvalue weighted by Gasteiger charge is 2.30. The molecule has 9 aromatic rings. The minimum atomic E-state index is 1.03. The molecule has 20 heteroatoms. The molecule has 0 unspecified atom stereocenters. The van der Waals surface area contributed by atoms with Gasteiger partial charge >= 0.3 is 0 Å². The van der Waals surface area contributed by atoms with Gasteiger partial charge in [0.1, 0.15) is 160 Å². The van der Waals surface area contributed by atoms with Crippen molar-refractivity contribution in [3.63, 3.8) is 0 Å². The highest BCUT2D eigenvalue weighted by atomic mass is 16.3. The predicted molar refractivity (Wildman–Crippen MR) is 338 cm³/mol. The lowest BCUT2D eigenvalue weighted by molar-refractivity contribution is 0.675. The van der Waals surface area contributed by atoms with E-state index in [1.165, 1.54) is 180 Å². The molecule has 1 aromatic heterocycles. The van der Waals surface area contributed by atoms with Gasteiger partial charge in [-0.1, -0.05) is 113 Å². The summed E-state index contributed by atoms with van der Waals surface area (Å²) in [7, 11) is 44.4. The van der Waals surface area contributed by atoms with E-state index >= 15 is 0 Å². The first-order valence-corrected chi connectivity index (χ1v) is 22.7. The molecule has 0 radical (unpaired) electrons. The summed E-state index contributed by atoms with van der Waals surface area (Å²) < 4.78 is 7.02. The fourth-order valence-electron chi connectivity index (χ4n) is 11.9. The summed E-state index contributed by atoms with van der Waals surface area (Å²) in [4.78, 5) is 0. The average Bonchev–Trinajstić information content (AvgIpc) is 3.68. The highest BCUT2D eigenvalue weighted by molar-refractivity contribution is 6.74. The van der Waals surface area contributed by atoms with E-state index in [9.17, 15) is 0 Å². The zero-order valence-electron chi connectivity index (χ0n) is 40.9. The minimum absolute atomic E-state index is 1.03. The predicted octanol–water partition coefficient (Wildman–Crippen LogP) is -21.0. The van der Waals surface area contributed by atoms with Crippen LogP contribution >= 0.6 is 0 Å². The van der Waals surface area contributed by atoms with E-state index in [0.717, 1.165) is 11.2 Å². The Morgan fingerprint density at radius 2 is 0.565 bits per heavy atom. The highest BCUT2D eigenvalue weighted by Crippen LogP contribution is 2.42. The van der Waals surface area contributed by atoms with Crippen molar-refractivity contribution in [3.05, 3.63) is 42.5 Å². The maximum Gasteiger partial charge on any atom is 0.145 e. The second kappa shape index (κ2) is 14.8. The number of benzene rings is 8. The molecule has 62 heavy (non-hydrogen) atoms. The second-order valence-corrected chi connectivity index (χ2v) is 19.3. The first kappa shape index (κ1) is 42.9. The monoisotopic (exact) mass is 775 g/mol. The molecule has 0 atom stereocenters. The smallest absolute Gasteiger partial charge is 0.145 e. The Kier molecular flexibility index (Phi) is 10.2. The molecule has 0 N–H and O–H groups in total. The Bertz CT molecular complexity index is 3460. The van der Waals surface area contributed by atoms with Crippen LogP contribution in [0.3, 0.4) is 0 Å². The summed E-state index contributed by atoms with van der Waals surface area (Å²) in [5.74, 6) is 0. The maximum absolute atomic E-state index is 7.02. The van der Waals surface area contributed by atoms with Crippen molar-refractivity contribution < 1.29 is 4.42 Å². The minimum Gasteiger partial charge on any atom is -0.457 e. The van der Waals surface area contributed by atoms with Crippen molar-refractivity contribution in [2.75, 3.05) is 0 Å². The lowest BCUT2D eigenvalue weighted by Gasteiger charge is -2.31. The van der Waals surface area contributed by atoms with Crippen LogP contribution in [-0.4, -0.2) is 149 Å². The molecule has 276 valence electrons. The van der Waals surface area contributed by atoms with Gasteiger partial charge in [-0.15, -0.1) is 27.3 Å². The van der Waals surface area contributed by atoms with Gasteiger partial charge in [0.15, 0.2) is 0 Å². The van der Waals surface area contributed by atoms with Crippen molar-refractivity contribution >= 4 is 307 Å². The van der Waals surface area contributed by atoms with E-state index in [1.807, 2.05) is 0 Å². The number of hydrogen-bond acceptors (Lipinski definition) is 1. The van der Waals surface area contributed by atoms with Crippen LogP contribution in [0.5, 0.6) is 0 Å². The molecule has 0 aliphatic heterocycles. The van der Waals surface area contributed by atoms with Crippen LogP contribution < -0.4 is 104 Å². The molecule has 0 aliphatic rings. The lowest BCUT2D eigenvalue weighted by atomic mass is 9.56. The third-order valence-corrected chi connectivity index (χ3v) is 16.9. The van der Waals surface area contributed by atoms with Crippen LogP contribution in [0.15, 0.2) is 46.9 Å². The van der Waals surface area contributed by atoms with Gasteiger partial charge in [-0.3, -0.25) is 0 Å². The van der Waals surface area contributed by atoms with E-state index in [2.05, 4.69) is 192 Å². The van der Waals surface area contributed by atoms with E-state index < -0.39 is 0 Å². The quantitative estimate of drug-likeness (QED) is 0.129. The SMILES string of the molecule is Bc1c(B)c(-c2c3c(B)c(B)c(B)c(B)c3c(-c3cccc4ccccc34)c3c(B)c(B)c(B)c(B)c23)c(B)c(B)c1-c1c(B)c(B)c2c(oc3c(B)c(B)c(B)c(B)c32)c1B. The Hall–Kier alpha value is -4.43. The Balaban J connectivity index is 1.48. The molecule has 1 nitrogen and oxygen atoms in total.